The maximum absolute atomic E-state index is 13.1. The summed E-state index contributed by atoms with van der Waals surface area (Å²) in [5.41, 5.74) is 0.340. The lowest BCUT2D eigenvalue weighted by Crippen LogP contribution is -2.31. The van der Waals surface area contributed by atoms with Gasteiger partial charge in [-0.05, 0) is 36.4 Å². The van der Waals surface area contributed by atoms with Crippen LogP contribution in [0.25, 0.3) is 5.65 Å². The van der Waals surface area contributed by atoms with E-state index >= 15 is 0 Å². The highest BCUT2D eigenvalue weighted by molar-refractivity contribution is 7.93. The van der Waals surface area contributed by atoms with Crippen molar-refractivity contribution in [2.24, 2.45) is 0 Å². The van der Waals surface area contributed by atoms with E-state index in [2.05, 4.69) is 10.2 Å². The Hall–Kier alpha value is -2.99. The van der Waals surface area contributed by atoms with Gasteiger partial charge in [0, 0.05) is 6.20 Å². The molecular formula is C14H10FN5O2S. The fourth-order valence-corrected chi connectivity index (χ4v) is 3.62. The molecule has 23 heavy (non-hydrogen) atoms. The zero-order chi connectivity index (χ0) is 16.4. The summed E-state index contributed by atoms with van der Waals surface area (Å²) in [7, 11) is -4.06. The van der Waals surface area contributed by atoms with Crippen molar-refractivity contribution in [2.45, 2.75) is 4.90 Å². The number of halogens is 1. The summed E-state index contributed by atoms with van der Waals surface area (Å²) < 4.78 is 41.3. The lowest BCUT2D eigenvalue weighted by atomic mass is 10.3. The van der Waals surface area contributed by atoms with Gasteiger partial charge in [0.25, 0.3) is 10.0 Å². The zero-order valence-corrected chi connectivity index (χ0v) is 12.5. The minimum absolute atomic E-state index is 0.0860. The molecule has 0 radical (unpaired) electrons. The van der Waals surface area contributed by atoms with E-state index < -0.39 is 22.4 Å². The first-order chi connectivity index (χ1) is 11.0. The molecule has 0 aliphatic heterocycles. The number of hydrogen-bond acceptors (Lipinski definition) is 5. The number of aromatic nitrogens is 3. The molecule has 2 aromatic heterocycles. The van der Waals surface area contributed by atoms with Crippen LogP contribution in [0, 0.1) is 17.1 Å². The van der Waals surface area contributed by atoms with Crippen LogP contribution in [-0.4, -0.2) is 29.6 Å². The molecule has 0 saturated carbocycles. The van der Waals surface area contributed by atoms with Gasteiger partial charge in [-0.2, -0.15) is 5.26 Å². The first-order valence-corrected chi connectivity index (χ1v) is 7.91. The Bertz CT molecular complexity index is 992. The quantitative estimate of drug-likeness (QED) is 0.677. The normalized spacial score (nSPS) is 11.3. The fourth-order valence-electron chi connectivity index (χ4n) is 2.13. The molecule has 1 aromatic carbocycles. The summed E-state index contributed by atoms with van der Waals surface area (Å²) in [6.45, 7) is -0.414. The monoisotopic (exact) mass is 331 g/mol. The molecule has 0 saturated heterocycles. The van der Waals surface area contributed by atoms with Crippen LogP contribution in [0.4, 0.5) is 10.1 Å². The highest BCUT2D eigenvalue weighted by Gasteiger charge is 2.28. The van der Waals surface area contributed by atoms with E-state index in [1.54, 1.807) is 12.3 Å². The van der Waals surface area contributed by atoms with Gasteiger partial charge in [-0.25, -0.2) is 12.8 Å². The number of nitriles is 1. The van der Waals surface area contributed by atoms with E-state index in [0.717, 1.165) is 16.4 Å². The van der Waals surface area contributed by atoms with Gasteiger partial charge in [0.2, 0.25) is 0 Å². The third-order valence-electron chi connectivity index (χ3n) is 3.18. The van der Waals surface area contributed by atoms with Gasteiger partial charge in [0.1, 0.15) is 23.6 Å². The summed E-state index contributed by atoms with van der Waals surface area (Å²) in [6, 6.07) is 9.59. The molecule has 0 atom stereocenters. The Labute approximate surface area is 131 Å². The van der Waals surface area contributed by atoms with Gasteiger partial charge in [-0.3, -0.25) is 8.71 Å². The van der Waals surface area contributed by atoms with E-state index in [0.29, 0.717) is 0 Å². The molecule has 2 heterocycles. The van der Waals surface area contributed by atoms with Crippen molar-refractivity contribution in [3.8, 4) is 6.07 Å². The average Bonchev–Trinajstić information content (AvgIpc) is 3.02. The Morgan fingerprint density at radius 3 is 2.70 bits per heavy atom. The van der Waals surface area contributed by atoms with Crippen molar-refractivity contribution in [1.82, 2.24) is 14.6 Å². The number of nitrogens with zero attached hydrogens (tertiary/aromatic N) is 5. The van der Waals surface area contributed by atoms with Crippen molar-refractivity contribution in [3.63, 3.8) is 0 Å². The molecule has 9 heteroatoms. The molecular weight excluding hydrogens is 321 g/mol. The van der Waals surface area contributed by atoms with Crippen LogP contribution >= 0.6 is 0 Å². The largest absolute Gasteiger partial charge is 0.288 e. The SMILES string of the molecule is N#CCN(c1ccc(F)cc1)S(=O)(=O)c1cccn2cnnc12. The molecule has 0 aliphatic carbocycles. The Kier molecular flexibility index (Phi) is 3.67. The van der Waals surface area contributed by atoms with Crippen LogP contribution in [0.2, 0.25) is 0 Å². The zero-order valence-electron chi connectivity index (χ0n) is 11.7. The number of benzene rings is 1. The lowest BCUT2D eigenvalue weighted by Gasteiger charge is -2.21. The molecule has 3 aromatic rings. The van der Waals surface area contributed by atoms with Crippen LogP contribution in [0.5, 0.6) is 0 Å². The average molecular weight is 331 g/mol. The Morgan fingerprint density at radius 2 is 2.00 bits per heavy atom. The summed E-state index contributed by atoms with van der Waals surface area (Å²) in [6.07, 6.45) is 2.99. The summed E-state index contributed by atoms with van der Waals surface area (Å²) >= 11 is 0. The standard InChI is InChI=1S/C14H10FN5O2S/c15-11-3-5-12(6-4-11)20(9-7-16)23(21,22)13-2-1-8-19-10-17-18-14(13)19/h1-6,8,10H,9H2. The number of hydrogen-bond donors (Lipinski definition) is 0. The van der Waals surface area contributed by atoms with Crippen LogP contribution in [0.15, 0.2) is 53.8 Å². The van der Waals surface area contributed by atoms with Crippen molar-refractivity contribution >= 4 is 21.4 Å². The van der Waals surface area contributed by atoms with Crippen LogP contribution in [-0.2, 0) is 10.0 Å². The van der Waals surface area contributed by atoms with Crippen molar-refractivity contribution < 1.29 is 12.8 Å². The third kappa shape index (κ3) is 2.60. The van der Waals surface area contributed by atoms with E-state index in [1.165, 1.54) is 28.9 Å². The highest BCUT2D eigenvalue weighted by Crippen LogP contribution is 2.25. The number of pyridine rings is 1. The summed E-state index contributed by atoms with van der Waals surface area (Å²) in [5.74, 6) is -0.498. The third-order valence-corrected chi connectivity index (χ3v) is 4.98. The van der Waals surface area contributed by atoms with E-state index in [1.807, 2.05) is 6.07 Å². The molecule has 116 valence electrons. The highest BCUT2D eigenvalue weighted by atomic mass is 32.2. The second-order valence-corrected chi connectivity index (χ2v) is 6.41. The van der Waals surface area contributed by atoms with Crippen molar-refractivity contribution in [3.05, 3.63) is 54.7 Å². The smallest absolute Gasteiger partial charge is 0.269 e. The molecule has 0 unspecified atom stereocenters. The predicted molar refractivity (Wildman–Crippen MR) is 79.5 cm³/mol. The van der Waals surface area contributed by atoms with Crippen molar-refractivity contribution in [1.29, 1.82) is 5.26 Å². The summed E-state index contributed by atoms with van der Waals surface area (Å²) in [5, 5.41) is 16.5. The van der Waals surface area contributed by atoms with E-state index in [9.17, 15) is 12.8 Å². The Morgan fingerprint density at radius 1 is 1.26 bits per heavy atom. The Balaban J connectivity index is 2.17. The number of fused-ring (bicyclic) bond motifs is 1. The second kappa shape index (κ2) is 5.66. The van der Waals surface area contributed by atoms with Gasteiger partial charge in [0.15, 0.2) is 5.65 Å². The van der Waals surface area contributed by atoms with Gasteiger partial charge < -0.3 is 0 Å². The molecule has 7 nitrogen and oxygen atoms in total. The number of rotatable bonds is 4. The van der Waals surface area contributed by atoms with Crippen molar-refractivity contribution in [2.75, 3.05) is 10.8 Å². The molecule has 0 amide bonds. The molecule has 0 spiro atoms. The van der Waals surface area contributed by atoms with Gasteiger partial charge >= 0.3 is 0 Å². The molecule has 0 N–H and O–H groups in total. The summed E-state index contributed by atoms with van der Waals surface area (Å²) in [4.78, 5) is -0.0860. The number of sulfonamides is 1. The van der Waals surface area contributed by atoms with Gasteiger partial charge in [0.05, 0.1) is 11.8 Å². The van der Waals surface area contributed by atoms with Crippen LogP contribution in [0.1, 0.15) is 0 Å². The van der Waals surface area contributed by atoms with Crippen LogP contribution in [0.3, 0.4) is 0 Å². The maximum atomic E-state index is 13.1. The maximum Gasteiger partial charge on any atom is 0.269 e. The lowest BCUT2D eigenvalue weighted by molar-refractivity contribution is 0.593. The molecule has 3 rings (SSSR count). The van der Waals surface area contributed by atoms with Gasteiger partial charge in [-0.15, -0.1) is 10.2 Å². The van der Waals surface area contributed by atoms with Crippen LogP contribution < -0.4 is 4.31 Å². The van der Waals surface area contributed by atoms with Gasteiger partial charge in [-0.1, -0.05) is 0 Å². The molecule has 0 aliphatic rings. The minimum atomic E-state index is -4.06. The number of anilines is 1. The first-order valence-electron chi connectivity index (χ1n) is 6.47. The minimum Gasteiger partial charge on any atom is -0.288 e. The topological polar surface area (TPSA) is 91.4 Å². The molecule has 0 bridgehead atoms. The fraction of sp³-hybridized carbons (Fsp3) is 0.0714. The predicted octanol–water partition coefficient (Wildman–Crippen LogP) is 1.59. The van der Waals surface area contributed by atoms with E-state index in [-0.39, 0.29) is 16.2 Å². The second-order valence-electron chi connectivity index (χ2n) is 4.58. The first kappa shape index (κ1) is 14.9. The molecule has 0 fully saturated rings. The van der Waals surface area contributed by atoms with E-state index in [4.69, 9.17) is 5.26 Å².